The molecule has 0 aliphatic heterocycles. The van der Waals surface area contributed by atoms with Crippen LogP contribution < -0.4 is 5.73 Å². The Morgan fingerprint density at radius 2 is 2.20 bits per heavy atom. The molecule has 15 heavy (non-hydrogen) atoms. The van der Waals surface area contributed by atoms with Crippen LogP contribution in [0.25, 0.3) is 0 Å². The summed E-state index contributed by atoms with van der Waals surface area (Å²) in [6.45, 7) is 1.77. The first kappa shape index (κ1) is 11.0. The topological polar surface area (TPSA) is 86.0 Å². The average Bonchev–Trinajstić information content (AvgIpc) is 2.77. The molecule has 74 valence electrons. The van der Waals surface area contributed by atoms with Crippen molar-refractivity contribution in [3.8, 4) is 12.1 Å². The van der Waals surface area contributed by atoms with E-state index in [2.05, 4.69) is 4.99 Å². The number of aliphatic imine (C=N–C) groups is 1. The molecule has 0 spiro atoms. The van der Waals surface area contributed by atoms with Crippen molar-refractivity contribution >= 4 is 17.0 Å². The lowest BCUT2D eigenvalue weighted by Crippen LogP contribution is -2.00. The highest BCUT2D eigenvalue weighted by atomic mass is 32.1. The maximum absolute atomic E-state index is 8.73. The van der Waals surface area contributed by atoms with E-state index < -0.39 is 0 Å². The Morgan fingerprint density at radius 3 is 2.67 bits per heavy atom. The summed E-state index contributed by atoms with van der Waals surface area (Å²) in [4.78, 5) is 4.96. The van der Waals surface area contributed by atoms with Crippen LogP contribution in [0.3, 0.4) is 0 Å². The molecule has 1 aromatic rings. The van der Waals surface area contributed by atoms with Crippen LogP contribution in [-0.2, 0) is 0 Å². The molecule has 0 unspecified atom stereocenters. The summed E-state index contributed by atoms with van der Waals surface area (Å²) >= 11 is 1.52. The SMILES string of the molecule is CC(=NC(C#N)=C(N)C#N)c1cccs1. The molecule has 0 atom stereocenters. The zero-order valence-corrected chi connectivity index (χ0v) is 8.88. The smallest absolute Gasteiger partial charge is 0.174 e. The minimum atomic E-state index is -0.159. The van der Waals surface area contributed by atoms with Gasteiger partial charge in [-0.3, -0.25) is 0 Å². The van der Waals surface area contributed by atoms with E-state index in [4.69, 9.17) is 16.3 Å². The first-order chi connectivity index (χ1) is 7.19. The van der Waals surface area contributed by atoms with Crippen LogP contribution in [-0.4, -0.2) is 5.71 Å². The zero-order chi connectivity index (χ0) is 11.3. The maximum atomic E-state index is 8.73. The van der Waals surface area contributed by atoms with Gasteiger partial charge in [0.2, 0.25) is 0 Å². The monoisotopic (exact) mass is 216 g/mol. The van der Waals surface area contributed by atoms with Crippen LogP contribution in [0.4, 0.5) is 0 Å². The average molecular weight is 216 g/mol. The van der Waals surface area contributed by atoms with E-state index in [1.165, 1.54) is 11.3 Å². The van der Waals surface area contributed by atoms with Crippen molar-refractivity contribution in [3.05, 3.63) is 33.8 Å². The lowest BCUT2D eigenvalue weighted by Gasteiger charge is -1.95. The number of allylic oxidation sites excluding steroid dienone is 2. The highest BCUT2D eigenvalue weighted by Crippen LogP contribution is 2.12. The number of nitrogens with two attached hydrogens (primary N) is 1. The molecule has 0 saturated heterocycles. The van der Waals surface area contributed by atoms with Crippen LogP contribution in [0.1, 0.15) is 11.8 Å². The van der Waals surface area contributed by atoms with Gasteiger partial charge in [0.1, 0.15) is 17.8 Å². The largest absolute Gasteiger partial charge is 0.388 e. The molecular formula is C10H8N4S. The van der Waals surface area contributed by atoms with Crippen LogP contribution in [0.2, 0.25) is 0 Å². The summed E-state index contributed by atoms with van der Waals surface area (Å²) in [5.41, 5.74) is 5.80. The van der Waals surface area contributed by atoms with E-state index >= 15 is 0 Å². The second-order valence-corrected chi connectivity index (χ2v) is 3.61. The Hall–Kier alpha value is -2.11. The predicted octanol–water partition coefficient (Wildman–Crippen LogP) is 1.77. The summed E-state index contributed by atoms with van der Waals surface area (Å²) < 4.78 is 0. The molecule has 0 radical (unpaired) electrons. The number of rotatable bonds is 2. The number of nitriles is 2. The molecule has 4 nitrogen and oxygen atoms in total. The molecule has 2 N–H and O–H groups in total. The quantitative estimate of drug-likeness (QED) is 0.603. The molecule has 5 heteroatoms. The Balaban J connectivity index is 3.09. The summed E-state index contributed by atoms with van der Waals surface area (Å²) in [5, 5.41) is 19.2. The van der Waals surface area contributed by atoms with Gasteiger partial charge in [-0.1, -0.05) is 6.07 Å². The third-order valence-corrected chi connectivity index (χ3v) is 2.62. The van der Waals surface area contributed by atoms with Crippen LogP contribution in [0, 0.1) is 22.7 Å². The molecular weight excluding hydrogens is 208 g/mol. The van der Waals surface area contributed by atoms with Gasteiger partial charge in [-0.25, -0.2) is 4.99 Å². The molecule has 0 bridgehead atoms. The van der Waals surface area contributed by atoms with E-state index in [0.717, 1.165) is 4.88 Å². The Morgan fingerprint density at radius 1 is 1.47 bits per heavy atom. The molecule has 0 aromatic carbocycles. The normalized spacial score (nSPS) is 12.6. The summed E-state index contributed by atoms with van der Waals surface area (Å²) in [6.07, 6.45) is 0. The van der Waals surface area contributed by atoms with E-state index in [1.807, 2.05) is 17.5 Å². The van der Waals surface area contributed by atoms with Gasteiger partial charge in [0, 0.05) is 4.88 Å². The van der Waals surface area contributed by atoms with E-state index in [-0.39, 0.29) is 11.4 Å². The second-order valence-electron chi connectivity index (χ2n) is 2.66. The lowest BCUT2D eigenvalue weighted by atomic mass is 10.3. The van der Waals surface area contributed by atoms with Crippen LogP contribution in [0.15, 0.2) is 33.9 Å². The van der Waals surface area contributed by atoms with Gasteiger partial charge in [-0.2, -0.15) is 10.5 Å². The molecule has 1 rings (SSSR count). The first-order valence-corrected chi connectivity index (χ1v) is 4.96. The third kappa shape index (κ3) is 2.67. The summed E-state index contributed by atoms with van der Waals surface area (Å²) in [7, 11) is 0. The highest BCUT2D eigenvalue weighted by Gasteiger charge is 2.03. The van der Waals surface area contributed by atoms with E-state index in [9.17, 15) is 0 Å². The fraction of sp³-hybridized carbons (Fsp3) is 0.100. The number of thiophene rings is 1. The minimum absolute atomic E-state index is 0.0385. The number of hydrogen-bond donors (Lipinski definition) is 1. The van der Waals surface area contributed by atoms with Gasteiger partial charge in [0.15, 0.2) is 5.70 Å². The molecule has 1 aromatic heterocycles. The van der Waals surface area contributed by atoms with Gasteiger partial charge in [0.05, 0.1) is 5.71 Å². The van der Waals surface area contributed by atoms with E-state index in [1.54, 1.807) is 19.1 Å². The summed E-state index contributed by atoms with van der Waals surface area (Å²) in [5.74, 6) is 0. The Bertz CT molecular complexity index is 482. The Kier molecular flexibility index (Phi) is 3.61. The van der Waals surface area contributed by atoms with Crippen molar-refractivity contribution < 1.29 is 0 Å². The van der Waals surface area contributed by atoms with Gasteiger partial charge < -0.3 is 5.73 Å². The van der Waals surface area contributed by atoms with Gasteiger partial charge in [0.25, 0.3) is 0 Å². The van der Waals surface area contributed by atoms with Crippen molar-refractivity contribution in [1.29, 1.82) is 10.5 Å². The van der Waals surface area contributed by atoms with Crippen molar-refractivity contribution in [2.75, 3.05) is 0 Å². The number of hydrogen-bond acceptors (Lipinski definition) is 5. The highest BCUT2D eigenvalue weighted by molar-refractivity contribution is 7.12. The fourth-order valence-corrected chi connectivity index (χ4v) is 1.58. The molecule has 0 amide bonds. The van der Waals surface area contributed by atoms with Crippen molar-refractivity contribution in [3.63, 3.8) is 0 Å². The fourth-order valence-electron chi connectivity index (χ4n) is 0.906. The molecule has 0 aliphatic rings. The van der Waals surface area contributed by atoms with Crippen LogP contribution >= 0.6 is 11.3 Å². The zero-order valence-electron chi connectivity index (χ0n) is 8.06. The van der Waals surface area contributed by atoms with Crippen molar-refractivity contribution in [1.82, 2.24) is 0 Å². The standard InChI is InChI=1S/C10H8N4S/c1-7(10-3-2-4-15-10)14-9(6-12)8(13)5-11/h2-4H,13H2,1H3. The van der Waals surface area contributed by atoms with Crippen molar-refractivity contribution in [2.24, 2.45) is 10.7 Å². The third-order valence-electron chi connectivity index (χ3n) is 1.64. The Labute approximate surface area is 91.6 Å². The first-order valence-electron chi connectivity index (χ1n) is 4.08. The van der Waals surface area contributed by atoms with Crippen LogP contribution in [0.5, 0.6) is 0 Å². The molecule has 0 fully saturated rings. The second kappa shape index (κ2) is 4.94. The molecule has 0 saturated carbocycles. The molecule has 1 heterocycles. The minimum Gasteiger partial charge on any atom is -0.388 e. The van der Waals surface area contributed by atoms with E-state index in [0.29, 0.717) is 5.71 Å². The maximum Gasteiger partial charge on any atom is 0.174 e. The van der Waals surface area contributed by atoms with Gasteiger partial charge in [-0.15, -0.1) is 11.3 Å². The van der Waals surface area contributed by atoms with Crippen molar-refractivity contribution in [2.45, 2.75) is 6.92 Å². The van der Waals surface area contributed by atoms with Gasteiger partial charge >= 0.3 is 0 Å². The number of nitrogens with zero attached hydrogens (tertiary/aromatic N) is 3. The predicted molar refractivity (Wildman–Crippen MR) is 59.0 cm³/mol. The summed E-state index contributed by atoms with van der Waals surface area (Å²) in [6, 6.07) is 7.27. The van der Waals surface area contributed by atoms with Gasteiger partial charge in [-0.05, 0) is 18.4 Å². The molecule has 0 aliphatic carbocycles. The lowest BCUT2D eigenvalue weighted by molar-refractivity contribution is 1.26.